The standard InChI is InChI=1S/C13H18BrNO2/c1-5-15(13(2,3)4)12(16)17-11-8-6-10(14)7-9-11/h6-9H,5H2,1-4H3. The van der Waals surface area contributed by atoms with Crippen LogP contribution >= 0.6 is 15.9 Å². The molecule has 0 unspecified atom stereocenters. The summed E-state index contributed by atoms with van der Waals surface area (Å²) in [4.78, 5) is 13.7. The second kappa shape index (κ2) is 5.54. The fraction of sp³-hybridized carbons (Fsp3) is 0.462. The molecule has 3 nitrogen and oxygen atoms in total. The first-order valence-electron chi connectivity index (χ1n) is 5.59. The zero-order valence-corrected chi connectivity index (χ0v) is 12.2. The Balaban J connectivity index is 2.74. The highest BCUT2D eigenvalue weighted by Crippen LogP contribution is 2.19. The van der Waals surface area contributed by atoms with E-state index in [0.717, 1.165) is 4.47 Å². The summed E-state index contributed by atoms with van der Waals surface area (Å²) in [6.07, 6.45) is -0.317. The van der Waals surface area contributed by atoms with Gasteiger partial charge in [-0.25, -0.2) is 4.79 Å². The Morgan fingerprint density at radius 2 is 1.82 bits per heavy atom. The zero-order chi connectivity index (χ0) is 13.1. The molecular formula is C13H18BrNO2. The van der Waals surface area contributed by atoms with E-state index >= 15 is 0 Å². The van der Waals surface area contributed by atoms with Gasteiger partial charge < -0.3 is 9.64 Å². The molecule has 0 aliphatic rings. The molecule has 0 spiro atoms. The van der Waals surface area contributed by atoms with Gasteiger partial charge in [-0.3, -0.25) is 0 Å². The lowest BCUT2D eigenvalue weighted by atomic mass is 10.1. The van der Waals surface area contributed by atoms with Crippen LogP contribution < -0.4 is 4.74 Å². The van der Waals surface area contributed by atoms with Crippen molar-refractivity contribution < 1.29 is 9.53 Å². The van der Waals surface area contributed by atoms with Crippen molar-refractivity contribution in [3.05, 3.63) is 28.7 Å². The second-order valence-electron chi connectivity index (χ2n) is 4.74. The second-order valence-corrected chi connectivity index (χ2v) is 5.65. The number of amides is 1. The SMILES string of the molecule is CCN(C(=O)Oc1ccc(Br)cc1)C(C)(C)C. The van der Waals surface area contributed by atoms with Crippen LogP contribution in [0.25, 0.3) is 0 Å². The van der Waals surface area contributed by atoms with Gasteiger partial charge in [0.05, 0.1) is 0 Å². The van der Waals surface area contributed by atoms with Gasteiger partial charge in [0.15, 0.2) is 0 Å². The fourth-order valence-electron chi connectivity index (χ4n) is 1.54. The van der Waals surface area contributed by atoms with Crippen molar-refractivity contribution in [1.29, 1.82) is 0 Å². The lowest BCUT2D eigenvalue weighted by Crippen LogP contribution is -2.46. The molecule has 1 rings (SSSR count). The minimum Gasteiger partial charge on any atom is -0.410 e. The summed E-state index contributed by atoms with van der Waals surface area (Å²) in [6.45, 7) is 8.52. The normalized spacial score (nSPS) is 11.1. The number of hydrogen-bond donors (Lipinski definition) is 0. The van der Waals surface area contributed by atoms with Gasteiger partial charge in [-0.2, -0.15) is 0 Å². The van der Waals surface area contributed by atoms with E-state index in [-0.39, 0.29) is 11.6 Å². The first kappa shape index (κ1) is 14.0. The van der Waals surface area contributed by atoms with Crippen LogP contribution in [0.2, 0.25) is 0 Å². The molecule has 0 saturated carbocycles. The van der Waals surface area contributed by atoms with Gasteiger partial charge >= 0.3 is 6.09 Å². The molecule has 1 aromatic rings. The van der Waals surface area contributed by atoms with E-state index in [2.05, 4.69) is 15.9 Å². The molecule has 0 aromatic heterocycles. The minimum absolute atomic E-state index is 0.235. The fourth-order valence-corrected chi connectivity index (χ4v) is 1.80. The Kier molecular flexibility index (Phi) is 4.57. The van der Waals surface area contributed by atoms with Gasteiger partial charge in [0, 0.05) is 16.6 Å². The molecule has 94 valence electrons. The van der Waals surface area contributed by atoms with Crippen LogP contribution in [0, 0.1) is 0 Å². The van der Waals surface area contributed by atoms with E-state index in [0.29, 0.717) is 12.3 Å². The number of carbonyl (C=O) groups excluding carboxylic acids is 1. The zero-order valence-electron chi connectivity index (χ0n) is 10.7. The molecule has 0 aliphatic heterocycles. The van der Waals surface area contributed by atoms with Gasteiger partial charge in [-0.1, -0.05) is 15.9 Å². The van der Waals surface area contributed by atoms with E-state index in [1.54, 1.807) is 17.0 Å². The maximum atomic E-state index is 12.0. The highest BCUT2D eigenvalue weighted by atomic mass is 79.9. The highest BCUT2D eigenvalue weighted by molar-refractivity contribution is 9.10. The smallest absolute Gasteiger partial charge is 0.410 e. The van der Waals surface area contributed by atoms with E-state index in [1.165, 1.54) is 0 Å². The average Bonchev–Trinajstić information content (AvgIpc) is 2.20. The van der Waals surface area contributed by atoms with Gasteiger partial charge in [-0.15, -0.1) is 0 Å². The Hall–Kier alpha value is -1.03. The Morgan fingerprint density at radius 1 is 1.29 bits per heavy atom. The van der Waals surface area contributed by atoms with Crippen molar-refractivity contribution in [2.45, 2.75) is 33.2 Å². The van der Waals surface area contributed by atoms with Crippen molar-refractivity contribution in [3.63, 3.8) is 0 Å². The lowest BCUT2D eigenvalue weighted by molar-refractivity contribution is 0.110. The minimum atomic E-state index is -0.317. The highest BCUT2D eigenvalue weighted by Gasteiger charge is 2.26. The molecule has 0 N–H and O–H groups in total. The van der Waals surface area contributed by atoms with Crippen molar-refractivity contribution in [3.8, 4) is 5.75 Å². The average molecular weight is 300 g/mol. The molecule has 4 heteroatoms. The number of hydrogen-bond acceptors (Lipinski definition) is 2. The molecule has 0 bridgehead atoms. The molecule has 1 amide bonds. The van der Waals surface area contributed by atoms with Crippen LogP contribution in [0.1, 0.15) is 27.7 Å². The summed E-state index contributed by atoms with van der Waals surface area (Å²) in [5.41, 5.74) is -0.235. The third-order valence-electron chi connectivity index (χ3n) is 2.37. The van der Waals surface area contributed by atoms with E-state index < -0.39 is 0 Å². The predicted octanol–water partition coefficient (Wildman–Crippen LogP) is 4.07. The molecule has 0 atom stereocenters. The number of halogens is 1. The van der Waals surface area contributed by atoms with Crippen LogP contribution in [0.4, 0.5) is 4.79 Å². The van der Waals surface area contributed by atoms with Crippen LogP contribution in [0.5, 0.6) is 5.75 Å². The van der Waals surface area contributed by atoms with Gasteiger partial charge in [0.2, 0.25) is 0 Å². The number of rotatable bonds is 2. The summed E-state index contributed by atoms with van der Waals surface area (Å²) >= 11 is 3.34. The first-order valence-corrected chi connectivity index (χ1v) is 6.39. The molecule has 17 heavy (non-hydrogen) atoms. The molecular weight excluding hydrogens is 282 g/mol. The maximum Gasteiger partial charge on any atom is 0.415 e. The molecule has 1 aromatic carbocycles. The van der Waals surface area contributed by atoms with Crippen LogP contribution in [-0.2, 0) is 0 Å². The summed E-state index contributed by atoms with van der Waals surface area (Å²) < 4.78 is 6.27. The summed E-state index contributed by atoms with van der Waals surface area (Å²) in [7, 11) is 0. The summed E-state index contributed by atoms with van der Waals surface area (Å²) in [6, 6.07) is 7.21. The number of carbonyl (C=O) groups is 1. The Labute approximate surface area is 111 Å². The van der Waals surface area contributed by atoms with Crippen molar-refractivity contribution in [1.82, 2.24) is 4.90 Å². The van der Waals surface area contributed by atoms with Crippen LogP contribution in [0.3, 0.4) is 0 Å². The van der Waals surface area contributed by atoms with Crippen molar-refractivity contribution >= 4 is 22.0 Å². The summed E-state index contributed by atoms with van der Waals surface area (Å²) in [5, 5.41) is 0. The maximum absolute atomic E-state index is 12.0. The quantitative estimate of drug-likeness (QED) is 0.824. The third kappa shape index (κ3) is 4.04. The first-order chi connectivity index (χ1) is 7.84. The Bertz CT molecular complexity index is 381. The van der Waals surface area contributed by atoms with Crippen LogP contribution in [0.15, 0.2) is 28.7 Å². The molecule has 0 aliphatic carbocycles. The van der Waals surface area contributed by atoms with Crippen LogP contribution in [-0.4, -0.2) is 23.1 Å². The molecule has 0 radical (unpaired) electrons. The lowest BCUT2D eigenvalue weighted by Gasteiger charge is -2.33. The molecule has 0 heterocycles. The predicted molar refractivity (Wildman–Crippen MR) is 72.3 cm³/mol. The van der Waals surface area contributed by atoms with E-state index in [9.17, 15) is 4.79 Å². The van der Waals surface area contributed by atoms with E-state index in [1.807, 2.05) is 39.8 Å². The largest absolute Gasteiger partial charge is 0.415 e. The van der Waals surface area contributed by atoms with Gasteiger partial charge in [0.25, 0.3) is 0 Å². The number of benzene rings is 1. The molecule has 0 saturated heterocycles. The van der Waals surface area contributed by atoms with Gasteiger partial charge in [-0.05, 0) is 52.0 Å². The van der Waals surface area contributed by atoms with E-state index in [4.69, 9.17) is 4.74 Å². The summed E-state index contributed by atoms with van der Waals surface area (Å²) in [5.74, 6) is 0.556. The monoisotopic (exact) mass is 299 g/mol. The molecule has 0 fully saturated rings. The van der Waals surface area contributed by atoms with Gasteiger partial charge in [0.1, 0.15) is 5.75 Å². The number of ether oxygens (including phenoxy) is 1. The number of nitrogens with zero attached hydrogens (tertiary/aromatic N) is 1. The van der Waals surface area contributed by atoms with Crippen molar-refractivity contribution in [2.75, 3.05) is 6.54 Å². The topological polar surface area (TPSA) is 29.5 Å². The van der Waals surface area contributed by atoms with Crippen molar-refractivity contribution in [2.24, 2.45) is 0 Å². The third-order valence-corrected chi connectivity index (χ3v) is 2.89. The Morgan fingerprint density at radius 3 is 2.24 bits per heavy atom.